The van der Waals surface area contributed by atoms with Crippen LogP contribution in [0.15, 0.2) is 5.38 Å². The second kappa shape index (κ2) is 7.69. The van der Waals surface area contributed by atoms with Crippen LogP contribution in [-0.4, -0.2) is 35.4 Å². The first-order chi connectivity index (χ1) is 10.7. The molecule has 0 spiro atoms. The predicted molar refractivity (Wildman–Crippen MR) is 82.7 cm³/mol. The van der Waals surface area contributed by atoms with Crippen LogP contribution in [-0.2, 0) is 16.1 Å². The number of nitriles is 1. The van der Waals surface area contributed by atoms with E-state index in [9.17, 15) is 14.4 Å². The summed E-state index contributed by atoms with van der Waals surface area (Å²) in [5, 5.41) is 15.6. The Labute approximate surface area is 137 Å². The van der Waals surface area contributed by atoms with E-state index in [2.05, 4.69) is 15.6 Å². The van der Waals surface area contributed by atoms with E-state index in [4.69, 9.17) is 10.00 Å². The highest BCUT2D eigenvalue weighted by atomic mass is 32.1. The molecule has 0 fully saturated rings. The van der Waals surface area contributed by atoms with Gasteiger partial charge in [-0.3, -0.25) is 9.59 Å². The summed E-state index contributed by atoms with van der Waals surface area (Å²) < 4.78 is 5.08. The molecule has 23 heavy (non-hydrogen) atoms. The van der Waals surface area contributed by atoms with Crippen LogP contribution in [0.2, 0.25) is 0 Å². The van der Waals surface area contributed by atoms with Crippen LogP contribution >= 0.6 is 11.3 Å². The van der Waals surface area contributed by atoms with Gasteiger partial charge in [-0.25, -0.2) is 9.78 Å². The highest BCUT2D eigenvalue weighted by Crippen LogP contribution is 2.14. The van der Waals surface area contributed by atoms with E-state index >= 15 is 0 Å². The van der Waals surface area contributed by atoms with Crippen molar-refractivity contribution in [1.82, 2.24) is 15.6 Å². The Bertz CT molecular complexity index is 642. The number of amides is 2. The maximum Gasteiger partial charge on any atom is 0.408 e. The summed E-state index contributed by atoms with van der Waals surface area (Å²) in [6.45, 7) is 5.32. The van der Waals surface area contributed by atoms with Gasteiger partial charge in [0.05, 0.1) is 12.6 Å². The summed E-state index contributed by atoms with van der Waals surface area (Å²) in [7, 11) is 1.34. The molecule has 0 bridgehead atoms. The van der Waals surface area contributed by atoms with E-state index in [1.807, 2.05) is 0 Å². The Morgan fingerprint density at radius 1 is 1.43 bits per heavy atom. The summed E-state index contributed by atoms with van der Waals surface area (Å²) in [4.78, 5) is 39.1. The topological polar surface area (TPSA) is 121 Å². The van der Waals surface area contributed by atoms with Gasteiger partial charge in [-0.05, 0) is 20.8 Å². The summed E-state index contributed by atoms with van der Waals surface area (Å²) in [6, 6.07) is 1.65. The zero-order valence-electron chi connectivity index (χ0n) is 13.3. The number of hydrogen-bond acceptors (Lipinski definition) is 7. The Balaban J connectivity index is 2.68. The fraction of sp³-hybridized carbons (Fsp3) is 0.500. The van der Waals surface area contributed by atoms with Crippen LogP contribution in [0, 0.1) is 17.2 Å². The van der Waals surface area contributed by atoms with Gasteiger partial charge in [0.1, 0.15) is 16.3 Å². The number of thiazole rings is 1. The number of nitrogens with zero attached hydrogens (tertiary/aromatic N) is 2. The fourth-order valence-electron chi connectivity index (χ4n) is 1.50. The largest absolute Gasteiger partial charge is 0.444 e. The maximum atomic E-state index is 12.1. The van der Waals surface area contributed by atoms with Gasteiger partial charge < -0.3 is 15.4 Å². The number of Topliss-reactive ketones (excluding diaryl/α,β-unsaturated/α-hetero) is 1. The molecule has 1 heterocycles. The van der Waals surface area contributed by atoms with Crippen LogP contribution in [0.3, 0.4) is 0 Å². The Kier molecular flexibility index (Phi) is 6.21. The van der Waals surface area contributed by atoms with Crippen molar-refractivity contribution in [1.29, 1.82) is 5.26 Å². The molecule has 8 nitrogen and oxygen atoms in total. The third-order valence-corrected chi connectivity index (χ3v) is 3.34. The first kappa shape index (κ1) is 18.6. The summed E-state index contributed by atoms with van der Waals surface area (Å²) in [6.07, 6.45) is -0.596. The molecule has 1 aromatic rings. The van der Waals surface area contributed by atoms with Gasteiger partial charge in [0.15, 0.2) is 5.92 Å². The summed E-state index contributed by atoms with van der Waals surface area (Å²) in [5.74, 6) is -2.79. The minimum absolute atomic E-state index is 0.0196. The van der Waals surface area contributed by atoms with Crippen LogP contribution in [0.4, 0.5) is 4.79 Å². The molecule has 0 unspecified atom stereocenters. The van der Waals surface area contributed by atoms with Gasteiger partial charge in [-0.1, -0.05) is 0 Å². The first-order valence-corrected chi connectivity index (χ1v) is 7.62. The summed E-state index contributed by atoms with van der Waals surface area (Å²) in [5.41, 5.74) is -0.590. The first-order valence-electron chi connectivity index (χ1n) is 6.74. The van der Waals surface area contributed by atoms with E-state index in [0.717, 1.165) is 11.3 Å². The summed E-state index contributed by atoms with van der Waals surface area (Å²) >= 11 is 1.14. The second-order valence-corrected chi connectivity index (χ2v) is 6.47. The molecule has 0 radical (unpaired) electrons. The average molecular weight is 338 g/mol. The monoisotopic (exact) mass is 338 g/mol. The number of alkyl carbamates (subject to hydrolysis) is 1. The van der Waals surface area contributed by atoms with Crippen molar-refractivity contribution in [3.05, 3.63) is 16.1 Å². The molecule has 0 aromatic carbocycles. The Morgan fingerprint density at radius 2 is 2.09 bits per heavy atom. The number of nitrogens with one attached hydrogen (secondary N) is 2. The van der Waals surface area contributed by atoms with Gasteiger partial charge in [-0.2, -0.15) is 5.26 Å². The van der Waals surface area contributed by atoms with Crippen LogP contribution in [0.5, 0.6) is 0 Å². The van der Waals surface area contributed by atoms with Gasteiger partial charge in [-0.15, -0.1) is 11.3 Å². The molecule has 1 aromatic heterocycles. The molecule has 0 saturated heterocycles. The number of rotatable bonds is 5. The van der Waals surface area contributed by atoms with Gasteiger partial charge in [0, 0.05) is 12.4 Å². The number of aromatic nitrogens is 1. The minimum Gasteiger partial charge on any atom is -0.444 e. The number of carbonyl (C=O) groups is 3. The lowest BCUT2D eigenvalue weighted by Gasteiger charge is -2.19. The highest BCUT2D eigenvalue weighted by Gasteiger charge is 2.28. The third kappa shape index (κ3) is 5.67. The fourth-order valence-corrected chi connectivity index (χ4v) is 2.22. The van der Waals surface area contributed by atoms with Crippen LogP contribution < -0.4 is 10.6 Å². The average Bonchev–Trinajstić information content (AvgIpc) is 2.92. The van der Waals surface area contributed by atoms with E-state index in [1.54, 1.807) is 26.8 Å². The van der Waals surface area contributed by atoms with E-state index < -0.39 is 29.3 Å². The molecule has 1 atom stereocenters. The highest BCUT2D eigenvalue weighted by molar-refractivity contribution is 7.09. The SMILES string of the molecule is CNC(=O)[C@H](C#N)C(=O)c1csc(CNC(=O)OC(C)(C)C)n1. The van der Waals surface area contributed by atoms with Crippen molar-refractivity contribution in [2.24, 2.45) is 5.92 Å². The van der Waals surface area contributed by atoms with Gasteiger partial charge in [0.25, 0.3) is 0 Å². The molecule has 0 saturated carbocycles. The number of ether oxygens (including phenoxy) is 1. The second-order valence-electron chi connectivity index (χ2n) is 5.52. The maximum absolute atomic E-state index is 12.1. The molecule has 2 N–H and O–H groups in total. The van der Waals surface area contributed by atoms with Crippen molar-refractivity contribution in [3.63, 3.8) is 0 Å². The third-order valence-electron chi connectivity index (χ3n) is 2.49. The molecular weight excluding hydrogens is 320 g/mol. The van der Waals surface area contributed by atoms with Gasteiger partial charge >= 0.3 is 6.09 Å². The normalized spacial score (nSPS) is 12.0. The van der Waals surface area contributed by atoms with Crippen molar-refractivity contribution >= 4 is 29.1 Å². The number of carbonyl (C=O) groups excluding carboxylic acids is 3. The van der Waals surface area contributed by atoms with Crippen molar-refractivity contribution in [2.75, 3.05) is 7.05 Å². The van der Waals surface area contributed by atoms with Crippen molar-refractivity contribution in [3.8, 4) is 6.07 Å². The van der Waals surface area contributed by atoms with Crippen molar-refractivity contribution in [2.45, 2.75) is 32.9 Å². The molecule has 1 rings (SSSR count). The molecule has 0 aliphatic heterocycles. The number of hydrogen-bond donors (Lipinski definition) is 2. The minimum atomic E-state index is -1.44. The van der Waals surface area contributed by atoms with E-state index in [-0.39, 0.29) is 12.2 Å². The molecule has 124 valence electrons. The zero-order chi connectivity index (χ0) is 17.6. The molecule has 9 heteroatoms. The van der Waals surface area contributed by atoms with E-state index in [1.165, 1.54) is 12.4 Å². The Hall–Kier alpha value is -2.47. The number of ketones is 1. The Morgan fingerprint density at radius 3 is 2.61 bits per heavy atom. The molecule has 0 aliphatic carbocycles. The predicted octanol–water partition coefficient (Wildman–Crippen LogP) is 1.24. The molecule has 2 amide bonds. The smallest absolute Gasteiger partial charge is 0.408 e. The van der Waals surface area contributed by atoms with E-state index in [0.29, 0.717) is 5.01 Å². The zero-order valence-corrected chi connectivity index (χ0v) is 14.1. The standard InChI is InChI=1S/C14H18N4O4S/c1-14(2,3)22-13(21)17-6-10-18-9(7-23-10)11(19)8(5-15)12(20)16-4/h7-8H,6H2,1-4H3,(H,16,20)(H,17,21)/t8-/m1/s1. The van der Waals surface area contributed by atoms with Gasteiger partial charge in [0.2, 0.25) is 11.7 Å². The quantitative estimate of drug-likeness (QED) is 0.615. The lowest BCUT2D eigenvalue weighted by Crippen LogP contribution is -2.32. The lowest BCUT2D eigenvalue weighted by molar-refractivity contribution is -0.121. The van der Waals surface area contributed by atoms with Crippen molar-refractivity contribution < 1.29 is 19.1 Å². The van der Waals surface area contributed by atoms with Crippen LogP contribution in [0.1, 0.15) is 36.3 Å². The molecule has 0 aliphatic rings. The molecular formula is C14H18N4O4S. The lowest BCUT2D eigenvalue weighted by atomic mass is 10.0. The van der Waals surface area contributed by atoms with Crippen LogP contribution in [0.25, 0.3) is 0 Å².